The Morgan fingerprint density at radius 1 is 1.12 bits per heavy atom. The number of alkyl carbamates (subject to hydrolysis) is 1. The van der Waals surface area contributed by atoms with Crippen molar-refractivity contribution in [1.82, 2.24) is 5.32 Å². The number of benzene rings is 2. The molecule has 4 nitrogen and oxygen atoms in total. The molecule has 132 valence electrons. The highest BCUT2D eigenvalue weighted by Crippen LogP contribution is 2.44. The lowest BCUT2D eigenvalue weighted by Gasteiger charge is -2.22. The van der Waals surface area contributed by atoms with E-state index in [1.807, 2.05) is 38.1 Å². The van der Waals surface area contributed by atoms with Crippen LogP contribution in [0, 0.1) is 5.92 Å². The normalized spacial score (nSPS) is 15.2. The van der Waals surface area contributed by atoms with Gasteiger partial charge < -0.3 is 15.2 Å². The Morgan fingerprint density at radius 3 is 2.20 bits per heavy atom. The molecule has 1 aliphatic rings. The summed E-state index contributed by atoms with van der Waals surface area (Å²) >= 11 is 0. The van der Waals surface area contributed by atoms with Gasteiger partial charge in [0.15, 0.2) is 0 Å². The second-order valence-corrected chi connectivity index (χ2v) is 6.64. The van der Waals surface area contributed by atoms with Crippen LogP contribution in [-0.2, 0) is 4.74 Å². The van der Waals surface area contributed by atoms with Crippen molar-refractivity contribution in [3.05, 3.63) is 59.7 Å². The number of carbonyl (C=O) groups is 1. The SMILES string of the molecule is CC[C@H](C)[C@@H](CO)NC(=O)OCC1c2ccccc2-c2ccccc21. The van der Waals surface area contributed by atoms with Crippen LogP contribution in [0.25, 0.3) is 11.1 Å². The van der Waals surface area contributed by atoms with Crippen molar-refractivity contribution in [2.24, 2.45) is 5.92 Å². The van der Waals surface area contributed by atoms with Crippen LogP contribution in [0.15, 0.2) is 48.5 Å². The highest BCUT2D eigenvalue weighted by atomic mass is 16.5. The topological polar surface area (TPSA) is 58.6 Å². The molecule has 0 heterocycles. The van der Waals surface area contributed by atoms with Crippen LogP contribution in [0.4, 0.5) is 4.79 Å². The quantitative estimate of drug-likeness (QED) is 0.838. The summed E-state index contributed by atoms with van der Waals surface area (Å²) in [4.78, 5) is 12.2. The molecule has 1 aliphatic carbocycles. The van der Waals surface area contributed by atoms with Crippen LogP contribution in [0.3, 0.4) is 0 Å². The fourth-order valence-electron chi connectivity index (χ4n) is 3.44. The predicted molar refractivity (Wildman–Crippen MR) is 98.5 cm³/mol. The van der Waals surface area contributed by atoms with Gasteiger partial charge in [0.25, 0.3) is 0 Å². The molecule has 0 radical (unpaired) electrons. The van der Waals surface area contributed by atoms with Gasteiger partial charge in [-0.05, 0) is 28.2 Å². The van der Waals surface area contributed by atoms with E-state index in [2.05, 4.69) is 29.6 Å². The maximum Gasteiger partial charge on any atom is 0.407 e. The number of aliphatic hydroxyl groups excluding tert-OH is 1. The molecule has 0 saturated carbocycles. The molecule has 0 unspecified atom stereocenters. The Kier molecular flexibility index (Phi) is 5.39. The van der Waals surface area contributed by atoms with E-state index < -0.39 is 6.09 Å². The average molecular weight is 339 g/mol. The molecule has 0 bridgehead atoms. The minimum absolute atomic E-state index is 0.0503. The number of carbonyl (C=O) groups excluding carboxylic acids is 1. The van der Waals surface area contributed by atoms with Gasteiger partial charge in [0.2, 0.25) is 0 Å². The second-order valence-electron chi connectivity index (χ2n) is 6.64. The van der Waals surface area contributed by atoms with Gasteiger partial charge in [-0.15, -0.1) is 0 Å². The number of nitrogens with one attached hydrogen (secondary N) is 1. The first-order chi connectivity index (χ1) is 12.2. The molecule has 25 heavy (non-hydrogen) atoms. The first-order valence-corrected chi connectivity index (χ1v) is 8.88. The Bertz CT molecular complexity index is 698. The summed E-state index contributed by atoms with van der Waals surface area (Å²) < 4.78 is 5.51. The van der Waals surface area contributed by atoms with Crippen molar-refractivity contribution >= 4 is 6.09 Å². The molecular weight excluding hydrogens is 314 g/mol. The molecule has 2 aromatic rings. The average Bonchev–Trinajstić information content (AvgIpc) is 2.98. The number of rotatable bonds is 6. The molecule has 0 aliphatic heterocycles. The zero-order chi connectivity index (χ0) is 17.8. The summed E-state index contributed by atoms with van der Waals surface area (Å²) in [5.74, 6) is 0.250. The van der Waals surface area contributed by atoms with E-state index >= 15 is 0 Å². The number of ether oxygens (including phenoxy) is 1. The van der Waals surface area contributed by atoms with Crippen molar-refractivity contribution < 1.29 is 14.6 Å². The summed E-state index contributed by atoms with van der Waals surface area (Å²) in [6.07, 6.45) is 0.413. The van der Waals surface area contributed by atoms with Crippen molar-refractivity contribution in [3.8, 4) is 11.1 Å². The van der Waals surface area contributed by atoms with Crippen LogP contribution in [0.1, 0.15) is 37.3 Å². The molecule has 3 rings (SSSR count). The van der Waals surface area contributed by atoms with Gasteiger partial charge in [0.05, 0.1) is 12.6 Å². The van der Waals surface area contributed by atoms with Crippen molar-refractivity contribution in [2.75, 3.05) is 13.2 Å². The molecule has 2 atom stereocenters. The highest BCUT2D eigenvalue weighted by Gasteiger charge is 2.29. The number of hydrogen-bond donors (Lipinski definition) is 2. The lowest BCUT2D eigenvalue weighted by Crippen LogP contribution is -2.42. The lowest BCUT2D eigenvalue weighted by molar-refractivity contribution is 0.124. The van der Waals surface area contributed by atoms with Crippen LogP contribution < -0.4 is 5.32 Å². The fraction of sp³-hybridized carbons (Fsp3) is 0.381. The monoisotopic (exact) mass is 339 g/mol. The van der Waals surface area contributed by atoms with Crippen LogP contribution in [0.2, 0.25) is 0 Å². The maximum absolute atomic E-state index is 12.2. The first kappa shape index (κ1) is 17.5. The van der Waals surface area contributed by atoms with Gasteiger partial charge in [-0.3, -0.25) is 0 Å². The van der Waals surface area contributed by atoms with Gasteiger partial charge in [0.1, 0.15) is 6.61 Å². The number of amides is 1. The van der Waals surface area contributed by atoms with Crippen molar-refractivity contribution in [2.45, 2.75) is 32.2 Å². The van der Waals surface area contributed by atoms with Gasteiger partial charge in [0, 0.05) is 5.92 Å². The zero-order valence-corrected chi connectivity index (χ0v) is 14.7. The van der Waals surface area contributed by atoms with E-state index in [1.54, 1.807) is 0 Å². The van der Waals surface area contributed by atoms with E-state index in [1.165, 1.54) is 22.3 Å². The van der Waals surface area contributed by atoms with Gasteiger partial charge in [-0.2, -0.15) is 0 Å². The molecular formula is C21H25NO3. The number of aliphatic hydroxyl groups is 1. The smallest absolute Gasteiger partial charge is 0.407 e. The van der Waals surface area contributed by atoms with Gasteiger partial charge >= 0.3 is 6.09 Å². The molecule has 4 heteroatoms. The Morgan fingerprint density at radius 2 is 1.68 bits per heavy atom. The van der Waals surface area contributed by atoms with E-state index in [-0.39, 0.29) is 24.5 Å². The van der Waals surface area contributed by atoms with Crippen molar-refractivity contribution in [1.29, 1.82) is 0 Å². The molecule has 0 spiro atoms. The first-order valence-electron chi connectivity index (χ1n) is 8.88. The van der Waals surface area contributed by atoms with E-state index in [0.717, 1.165) is 6.42 Å². The largest absolute Gasteiger partial charge is 0.449 e. The number of hydrogen-bond acceptors (Lipinski definition) is 3. The van der Waals surface area contributed by atoms with Crippen LogP contribution in [0.5, 0.6) is 0 Å². The van der Waals surface area contributed by atoms with Crippen LogP contribution >= 0.6 is 0 Å². The Hall–Kier alpha value is -2.33. The lowest BCUT2D eigenvalue weighted by atomic mass is 9.98. The van der Waals surface area contributed by atoms with Gasteiger partial charge in [-0.25, -0.2) is 4.79 Å². The van der Waals surface area contributed by atoms with E-state index in [9.17, 15) is 9.90 Å². The maximum atomic E-state index is 12.2. The van der Waals surface area contributed by atoms with E-state index in [4.69, 9.17) is 4.74 Å². The fourth-order valence-corrected chi connectivity index (χ4v) is 3.44. The zero-order valence-electron chi connectivity index (χ0n) is 14.7. The molecule has 0 fully saturated rings. The standard InChI is InChI=1S/C21H25NO3/c1-3-14(2)20(12-23)22-21(24)25-13-19-17-10-6-4-8-15(17)16-9-5-7-11-18(16)19/h4-11,14,19-20,23H,3,12-13H2,1-2H3,(H,22,24)/t14-,20+/m0/s1. The third-order valence-corrected chi connectivity index (χ3v) is 5.17. The minimum atomic E-state index is -0.471. The number of fused-ring (bicyclic) bond motifs is 3. The summed E-state index contributed by atoms with van der Waals surface area (Å²) in [6.45, 7) is 4.25. The summed E-state index contributed by atoms with van der Waals surface area (Å²) in [6, 6.07) is 16.2. The molecule has 2 N–H and O–H groups in total. The van der Waals surface area contributed by atoms with Crippen LogP contribution in [-0.4, -0.2) is 30.5 Å². The van der Waals surface area contributed by atoms with Gasteiger partial charge in [-0.1, -0.05) is 68.8 Å². The molecule has 2 aromatic carbocycles. The third-order valence-electron chi connectivity index (χ3n) is 5.17. The van der Waals surface area contributed by atoms with Crippen molar-refractivity contribution in [3.63, 3.8) is 0 Å². The van der Waals surface area contributed by atoms with E-state index in [0.29, 0.717) is 6.61 Å². The summed E-state index contributed by atoms with van der Waals surface area (Å²) in [7, 11) is 0. The second kappa shape index (κ2) is 7.70. The minimum Gasteiger partial charge on any atom is -0.449 e. The third kappa shape index (κ3) is 3.54. The Labute approximate surface area is 148 Å². The molecule has 1 amide bonds. The molecule has 0 aromatic heterocycles. The Balaban J connectivity index is 1.70. The summed E-state index contributed by atoms with van der Waals surface area (Å²) in [5.41, 5.74) is 4.80. The predicted octanol–water partition coefficient (Wildman–Crippen LogP) is 3.93. The summed E-state index contributed by atoms with van der Waals surface area (Å²) in [5, 5.41) is 12.2. The molecule has 0 saturated heterocycles. The highest BCUT2D eigenvalue weighted by molar-refractivity contribution is 5.79.